The van der Waals surface area contributed by atoms with Crippen molar-refractivity contribution in [3.05, 3.63) is 39.9 Å². The first kappa shape index (κ1) is 10.9. The summed E-state index contributed by atoms with van der Waals surface area (Å²) >= 11 is 1.76. The molecule has 0 amide bonds. The minimum Gasteiger partial charge on any atom is -0.480 e. The summed E-state index contributed by atoms with van der Waals surface area (Å²) in [5.74, 6) is -0.959. The van der Waals surface area contributed by atoms with Gasteiger partial charge in [0.25, 0.3) is 5.69 Å². The Kier molecular flexibility index (Phi) is 3.39. The van der Waals surface area contributed by atoms with E-state index in [0.717, 1.165) is 0 Å². The van der Waals surface area contributed by atoms with Gasteiger partial charge in [-0.2, -0.15) is 0 Å². The van der Waals surface area contributed by atoms with Gasteiger partial charge in [-0.25, -0.2) is 0 Å². The quantitative estimate of drug-likeness (QED) is 0.401. The van der Waals surface area contributed by atoms with Crippen LogP contribution < -0.4 is 0 Å². The highest BCUT2D eigenvalue weighted by Crippen LogP contribution is 2.25. The fourth-order valence-electron chi connectivity index (χ4n) is 0.908. The summed E-state index contributed by atoms with van der Waals surface area (Å²) < 4.78 is -0.673. The van der Waals surface area contributed by atoms with Crippen molar-refractivity contribution in [3.8, 4) is 0 Å². The normalized spacial score (nSPS) is 12.1. The van der Waals surface area contributed by atoms with Gasteiger partial charge in [0.15, 0.2) is 0 Å². The van der Waals surface area contributed by atoms with Crippen LogP contribution in [-0.4, -0.2) is 16.0 Å². The van der Waals surface area contributed by atoms with E-state index in [-0.39, 0.29) is 5.69 Å². The summed E-state index contributed by atoms with van der Waals surface area (Å²) in [6.45, 7) is 0. The minimum absolute atomic E-state index is 0.0391. The van der Waals surface area contributed by atoms with E-state index in [1.165, 1.54) is 24.3 Å². The van der Waals surface area contributed by atoms with Gasteiger partial charge in [0, 0.05) is 12.1 Å². The van der Waals surface area contributed by atoms with Gasteiger partial charge in [0.05, 0.1) is 4.92 Å². The van der Waals surface area contributed by atoms with Gasteiger partial charge in [-0.3, -0.25) is 14.9 Å². The number of hydrogen-bond acceptors (Lipinski definition) is 3. The molecule has 0 heterocycles. The summed E-state index contributed by atoms with van der Waals surface area (Å²) in [6, 6.07) is 5.49. The van der Waals surface area contributed by atoms with Crippen molar-refractivity contribution in [1.29, 1.82) is 0 Å². The first-order valence-corrected chi connectivity index (χ1v) is 4.88. The van der Waals surface area contributed by atoms with E-state index in [9.17, 15) is 14.9 Å². The lowest BCUT2D eigenvalue weighted by Gasteiger charge is -2.03. The number of rotatable bonds is 3. The van der Waals surface area contributed by atoms with Gasteiger partial charge < -0.3 is 5.11 Å². The molecule has 5 nitrogen and oxygen atoms in total. The smallest absolute Gasteiger partial charge is 0.320 e. The van der Waals surface area contributed by atoms with Crippen LogP contribution in [0.3, 0.4) is 0 Å². The number of hydrogen-bond donors (Lipinski definition) is 1. The lowest BCUT2D eigenvalue weighted by molar-refractivity contribution is -0.384. The van der Waals surface area contributed by atoms with Crippen LogP contribution in [0.2, 0.25) is 0 Å². The molecule has 0 radical (unpaired) electrons. The largest absolute Gasteiger partial charge is 0.480 e. The van der Waals surface area contributed by atoms with Crippen molar-refractivity contribution in [1.82, 2.24) is 0 Å². The van der Waals surface area contributed by atoms with Crippen LogP contribution in [0.5, 0.6) is 0 Å². The fraction of sp³-hybridized carbons (Fsp3) is 0.125. The SMILES string of the molecule is O=C(O)C(I)c1ccc([N+](=O)[O-])cc1. The molecule has 1 rings (SSSR count). The number of nitrogens with zero attached hydrogens (tertiary/aromatic N) is 1. The lowest BCUT2D eigenvalue weighted by atomic mass is 10.1. The number of carbonyl (C=O) groups is 1. The number of nitro groups is 1. The number of alkyl halides is 1. The number of halogens is 1. The molecule has 14 heavy (non-hydrogen) atoms. The van der Waals surface area contributed by atoms with Gasteiger partial charge in [-0.05, 0) is 5.56 Å². The molecule has 1 aromatic rings. The maximum atomic E-state index is 10.6. The van der Waals surface area contributed by atoms with E-state index in [0.29, 0.717) is 5.56 Å². The molecular formula is C8H6INO4. The number of aliphatic carboxylic acids is 1. The zero-order chi connectivity index (χ0) is 10.7. The highest BCUT2D eigenvalue weighted by molar-refractivity contribution is 14.1. The summed E-state index contributed by atoms with van der Waals surface area (Å²) in [4.78, 5) is 20.4. The van der Waals surface area contributed by atoms with E-state index in [1.54, 1.807) is 22.6 Å². The van der Waals surface area contributed by atoms with Crippen molar-refractivity contribution >= 4 is 34.2 Å². The van der Waals surface area contributed by atoms with E-state index in [4.69, 9.17) is 5.11 Å². The minimum atomic E-state index is -0.959. The predicted octanol–water partition coefficient (Wildman–Crippen LogP) is 2.16. The summed E-state index contributed by atoms with van der Waals surface area (Å²) in [7, 11) is 0. The zero-order valence-corrected chi connectivity index (χ0v) is 9.04. The third-order valence-corrected chi connectivity index (χ3v) is 2.87. The molecule has 1 atom stereocenters. The topological polar surface area (TPSA) is 80.4 Å². The second-order valence-corrected chi connectivity index (χ2v) is 3.80. The van der Waals surface area contributed by atoms with Crippen molar-refractivity contribution in [3.63, 3.8) is 0 Å². The zero-order valence-electron chi connectivity index (χ0n) is 6.88. The van der Waals surface area contributed by atoms with Crippen LogP contribution in [0.15, 0.2) is 24.3 Å². The molecule has 0 aliphatic rings. The molecule has 0 saturated carbocycles. The molecule has 1 aromatic carbocycles. The van der Waals surface area contributed by atoms with Gasteiger partial charge in [0.2, 0.25) is 0 Å². The van der Waals surface area contributed by atoms with Crippen LogP contribution >= 0.6 is 22.6 Å². The number of non-ortho nitro benzene ring substituents is 1. The van der Waals surface area contributed by atoms with E-state index < -0.39 is 14.8 Å². The van der Waals surface area contributed by atoms with Gasteiger partial charge in [-0.1, -0.05) is 34.7 Å². The molecule has 1 N–H and O–H groups in total. The molecule has 0 aliphatic heterocycles. The van der Waals surface area contributed by atoms with Crippen LogP contribution in [0.4, 0.5) is 5.69 Å². The first-order valence-electron chi connectivity index (χ1n) is 3.63. The van der Waals surface area contributed by atoms with Crippen LogP contribution in [0.1, 0.15) is 9.49 Å². The second-order valence-electron chi connectivity index (χ2n) is 2.55. The molecule has 74 valence electrons. The molecule has 0 bridgehead atoms. The molecular weight excluding hydrogens is 301 g/mol. The standard InChI is InChI=1S/C8H6INO4/c9-7(8(11)12)5-1-3-6(4-2-5)10(13)14/h1-4,7H,(H,11,12). The van der Waals surface area contributed by atoms with Crippen molar-refractivity contribution in [2.24, 2.45) is 0 Å². The molecule has 0 aromatic heterocycles. The Balaban J connectivity index is 2.94. The third kappa shape index (κ3) is 2.41. The van der Waals surface area contributed by atoms with Crippen molar-refractivity contribution < 1.29 is 14.8 Å². The Hall–Kier alpha value is -1.18. The van der Waals surface area contributed by atoms with Gasteiger partial charge >= 0.3 is 5.97 Å². The Bertz CT molecular complexity index is 362. The molecule has 0 fully saturated rings. The number of carboxylic acid groups (broad SMARTS) is 1. The summed E-state index contributed by atoms with van der Waals surface area (Å²) in [5, 5.41) is 19.0. The van der Waals surface area contributed by atoms with E-state index in [1.807, 2.05) is 0 Å². The Morgan fingerprint density at radius 2 is 1.93 bits per heavy atom. The average Bonchev–Trinajstić information content (AvgIpc) is 2.16. The monoisotopic (exact) mass is 307 g/mol. The van der Waals surface area contributed by atoms with Gasteiger partial charge in [-0.15, -0.1) is 0 Å². The molecule has 0 saturated heterocycles. The summed E-state index contributed by atoms with van der Waals surface area (Å²) in [6.07, 6.45) is 0. The van der Waals surface area contributed by atoms with E-state index >= 15 is 0 Å². The average molecular weight is 307 g/mol. The first-order chi connectivity index (χ1) is 6.52. The van der Waals surface area contributed by atoms with Crippen LogP contribution in [-0.2, 0) is 4.79 Å². The molecule has 6 heteroatoms. The van der Waals surface area contributed by atoms with Crippen LogP contribution in [0, 0.1) is 10.1 Å². The Morgan fingerprint density at radius 1 is 1.43 bits per heavy atom. The molecule has 1 unspecified atom stereocenters. The van der Waals surface area contributed by atoms with Crippen molar-refractivity contribution in [2.45, 2.75) is 3.92 Å². The summed E-state index contributed by atoms with van der Waals surface area (Å²) in [5.41, 5.74) is 0.506. The Morgan fingerprint density at radius 3 is 2.29 bits per heavy atom. The highest BCUT2D eigenvalue weighted by Gasteiger charge is 2.16. The maximum Gasteiger partial charge on any atom is 0.320 e. The predicted molar refractivity (Wildman–Crippen MR) is 57.5 cm³/mol. The number of carboxylic acids is 1. The highest BCUT2D eigenvalue weighted by atomic mass is 127. The molecule has 0 spiro atoms. The second kappa shape index (κ2) is 4.36. The number of nitro benzene ring substituents is 1. The fourth-order valence-corrected chi connectivity index (χ4v) is 1.32. The third-order valence-electron chi connectivity index (χ3n) is 1.61. The lowest BCUT2D eigenvalue weighted by Crippen LogP contribution is -2.04. The van der Waals surface area contributed by atoms with E-state index in [2.05, 4.69) is 0 Å². The Labute approximate surface area is 93.0 Å². The molecule has 0 aliphatic carbocycles. The van der Waals surface area contributed by atoms with Crippen molar-refractivity contribution in [2.75, 3.05) is 0 Å². The van der Waals surface area contributed by atoms with Crippen LogP contribution in [0.25, 0.3) is 0 Å². The maximum absolute atomic E-state index is 10.6. The van der Waals surface area contributed by atoms with Gasteiger partial charge in [0.1, 0.15) is 3.92 Å². The number of benzene rings is 1.